The van der Waals surface area contributed by atoms with Crippen LogP contribution in [0.1, 0.15) is 41.8 Å². The average molecular weight is 514 g/mol. The number of rotatable bonds is 6. The standard InChI is InChI=1S/C26H31N3O8/c1-10(2)37-28-11(3)13-6-7-16(30)18-14(13)8-12-9-15-20(29(4)5)22(32)19(25(27)35)24(34)26(15,36)23(33)17(12)21(18)31/h6-7,10,12,15,17,19-20,28,30,36H,3,8-9H2,1-2,4-5H3,(H2,27,35)/t12-,15-,17?,19?,20-,26-/m0/s1. The number of Topliss-reactive ketones (excluding diaryl/α,β-unsaturated/α-hetero) is 4. The Bertz CT molecular complexity index is 1240. The van der Waals surface area contributed by atoms with E-state index in [1.165, 1.54) is 25.1 Å². The van der Waals surface area contributed by atoms with Crippen LogP contribution in [0.2, 0.25) is 0 Å². The number of hydrogen-bond acceptors (Lipinski definition) is 10. The van der Waals surface area contributed by atoms with Crippen molar-refractivity contribution >= 4 is 34.7 Å². The molecule has 4 rings (SSSR count). The van der Waals surface area contributed by atoms with Gasteiger partial charge in [-0.15, -0.1) is 0 Å². The topological polar surface area (TPSA) is 176 Å². The molecule has 0 radical (unpaired) electrons. The van der Waals surface area contributed by atoms with Crippen molar-refractivity contribution < 1.29 is 39.0 Å². The molecule has 0 aromatic heterocycles. The Morgan fingerprint density at radius 2 is 1.86 bits per heavy atom. The van der Waals surface area contributed by atoms with E-state index in [0.29, 0.717) is 16.8 Å². The maximum Gasteiger partial charge on any atom is 0.235 e. The van der Waals surface area contributed by atoms with E-state index >= 15 is 0 Å². The fourth-order valence-electron chi connectivity index (χ4n) is 6.13. The van der Waals surface area contributed by atoms with Crippen LogP contribution in [0.4, 0.5) is 0 Å². The fraction of sp³-hybridized carbons (Fsp3) is 0.500. The number of fused-ring (bicyclic) bond motifs is 3. The zero-order valence-electron chi connectivity index (χ0n) is 21.1. The highest BCUT2D eigenvalue weighted by Gasteiger charge is 2.69. The maximum absolute atomic E-state index is 13.8. The van der Waals surface area contributed by atoms with Crippen LogP contribution in [-0.2, 0) is 30.4 Å². The second kappa shape index (κ2) is 9.16. The Morgan fingerprint density at radius 3 is 2.43 bits per heavy atom. The predicted molar refractivity (Wildman–Crippen MR) is 130 cm³/mol. The molecule has 0 aliphatic heterocycles. The van der Waals surface area contributed by atoms with Gasteiger partial charge in [-0.05, 0) is 64.4 Å². The number of phenolic OH excluding ortho intramolecular Hbond substituents is 1. The first kappa shape index (κ1) is 26.6. The molecule has 2 saturated carbocycles. The molecule has 1 amide bonds. The summed E-state index contributed by atoms with van der Waals surface area (Å²) in [5.41, 5.74) is 6.49. The molecule has 6 atom stereocenters. The van der Waals surface area contributed by atoms with Gasteiger partial charge in [-0.1, -0.05) is 6.58 Å². The second-order valence-electron chi connectivity index (χ2n) is 10.5. The first-order chi connectivity index (χ1) is 17.2. The van der Waals surface area contributed by atoms with Crippen molar-refractivity contribution in [3.8, 4) is 5.75 Å². The highest BCUT2D eigenvalue weighted by atomic mass is 16.7. The molecule has 2 unspecified atom stereocenters. The molecule has 1 aromatic rings. The van der Waals surface area contributed by atoms with E-state index < -0.39 is 64.4 Å². The highest BCUT2D eigenvalue weighted by molar-refractivity contribution is 6.32. The average Bonchev–Trinajstić information content (AvgIpc) is 2.79. The number of aromatic hydroxyl groups is 1. The van der Waals surface area contributed by atoms with E-state index in [0.717, 1.165) is 0 Å². The third-order valence-electron chi connectivity index (χ3n) is 7.69. The molecule has 37 heavy (non-hydrogen) atoms. The summed E-state index contributed by atoms with van der Waals surface area (Å²) in [5.74, 6) is -10.8. The van der Waals surface area contributed by atoms with Crippen LogP contribution < -0.4 is 11.2 Å². The van der Waals surface area contributed by atoms with Gasteiger partial charge in [0.25, 0.3) is 0 Å². The van der Waals surface area contributed by atoms with Gasteiger partial charge in [0.2, 0.25) is 5.91 Å². The first-order valence-corrected chi connectivity index (χ1v) is 12.0. The molecular formula is C26H31N3O8. The molecule has 3 aliphatic carbocycles. The molecule has 3 aliphatic rings. The van der Waals surface area contributed by atoms with Crippen molar-refractivity contribution in [3.05, 3.63) is 35.4 Å². The van der Waals surface area contributed by atoms with Crippen LogP contribution >= 0.6 is 0 Å². The number of likely N-dealkylation sites (N-methyl/N-ethyl adjacent to an activating group) is 1. The van der Waals surface area contributed by atoms with Gasteiger partial charge in [-0.3, -0.25) is 39.2 Å². The third-order valence-corrected chi connectivity index (χ3v) is 7.69. The number of hydrogen-bond donors (Lipinski definition) is 4. The summed E-state index contributed by atoms with van der Waals surface area (Å²) in [5, 5.41) is 22.2. The summed E-state index contributed by atoms with van der Waals surface area (Å²) in [6.45, 7) is 7.58. The molecule has 0 spiro atoms. The third kappa shape index (κ3) is 3.89. The Balaban J connectivity index is 1.82. The number of phenols is 1. The number of benzene rings is 1. The molecule has 11 nitrogen and oxygen atoms in total. The molecular weight excluding hydrogens is 482 g/mol. The van der Waals surface area contributed by atoms with Gasteiger partial charge in [-0.25, -0.2) is 0 Å². The number of nitrogens with one attached hydrogen (secondary N) is 1. The van der Waals surface area contributed by atoms with Crippen molar-refractivity contribution in [1.82, 2.24) is 10.4 Å². The summed E-state index contributed by atoms with van der Waals surface area (Å²) in [6.07, 6.45) is -0.0581. The van der Waals surface area contributed by atoms with Crippen LogP contribution in [0.3, 0.4) is 0 Å². The Labute approximate surface area is 213 Å². The van der Waals surface area contributed by atoms with Gasteiger partial charge >= 0.3 is 0 Å². The predicted octanol–water partition coefficient (Wildman–Crippen LogP) is -0.233. The van der Waals surface area contributed by atoms with Crippen molar-refractivity contribution in [1.29, 1.82) is 0 Å². The van der Waals surface area contributed by atoms with E-state index in [9.17, 15) is 34.2 Å². The van der Waals surface area contributed by atoms with E-state index in [1.54, 1.807) is 6.07 Å². The number of hydroxylamine groups is 1. The summed E-state index contributed by atoms with van der Waals surface area (Å²) in [6, 6.07) is 1.73. The molecule has 2 fully saturated rings. The number of aliphatic hydroxyl groups is 1. The monoisotopic (exact) mass is 513 g/mol. The molecule has 11 heteroatoms. The number of primary amides is 1. The Morgan fingerprint density at radius 1 is 1.22 bits per heavy atom. The number of nitrogens with two attached hydrogens (primary N) is 1. The van der Waals surface area contributed by atoms with Crippen LogP contribution in [0.25, 0.3) is 5.70 Å². The zero-order valence-corrected chi connectivity index (χ0v) is 21.1. The van der Waals surface area contributed by atoms with Crippen LogP contribution in [0, 0.1) is 23.7 Å². The lowest BCUT2D eigenvalue weighted by Crippen LogP contribution is -2.74. The van der Waals surface area contributed by atoms with Crippen LogP contribution in [-0.4, -0.2) is 76.0 Å². The van der Waals surface area contributed by atoms with Crippen molar-refractivity contribution in [3.63, 3.8) is 0 Å². The largest absolute Gasteiger partial charge is 0.507 e. The fourth-order valence-corrected chi connectivity index (χ4v) is 6.13. The van der Waals surface area contributed by atoms with Gasteiger partial charge < -0.3 is 15.9 Å². The van der Waals surface area contributed by atoms with Crippen LogP contribution in [0.15, 0.2) is 18.7 Å². The minimum atomic E-state index is -2.75. The Kier molecular flexibility index (Phi) is 6.60. The summed E-state index contributed by atoms with van der Waals surface area (Å²) >= 11 is 0. The lowest BCUT2D eigenvalue weighted by Gasteiger charge is -2.52. The highest BCUT2D eigenvalue weighted by Crippen LogP contribution is 2.51. The maximum atomic E-state index is 13.8. The summed E-state index contributed by atoms with van der Waals surface area (Å²) in [4.78, 5) is 72.8. The number of carbonyl (C=O) groups excluding carboxylic acids is 5. The van der Waals surface area contributed by atoms with Gasteiger partial charge in [0, 0.05) is 11.5 Å². The molecule has 5 N–H and O–H groups in total. The smallest absolute Gasteiger partial charge is 0.235 e. The van der Waals surface area contributed by atoms with E-state index in [4.69, 9.17) is 10.6 Å². The molecule has 0 saturated heterocycles. The number of ketones is 4. The molecule has 198 valence electrons. The van der Waals surface area contributed by atoms with Gasteiger partial charge in [0.05, 0.1) is 29.3 Å². The van der Waals surface area contributed by atoms with E-state index in [2.05, 4.69) is 12.1 Å². The van der Waals surface area contributed by atoms with Gasteiger partial charge in [-0.2, -0.15) is 0 Å². The minimum Gasteiger partial charge on any atom is -0.507 e. The Hall–Kier alpha value is -3.41. The molecule has 0 heterocycles. The second-order valence-corrected chi connectivity index (χ2v) is 10.5. The van der Waals surface area contributed by atoms with Crippen molar-refractivity contribution in [2.75, 3.05) is 14.1 Å². The summed E-state index contributed by atoms with van der Waals surface area (Å²) < 4.78 is 0. The zero-order chi connectivity index (χ0) is 27.6. The van der Waals surface area contributed by atoms with Crippen LogP contribution in [0.5, 0.6) is 5.75 Å². The van der Waals surface area contributed by atoms with Crippen molar-refractivity contribution in [2.45, 2.75) is 44.4 Å². The first-order valence-electron chi connectivity index (χ1n) is 12.0. The lowest BCUT2D eigenvalue weighted by atomic mass is 9.52. The van der Waals surface area contributed by atoms with E-state index in [-0.39, 0.29) is 30.3 Å². The minimum absolute atomic E-state index is 0.0264. The normalized spacial score (nSPS) is 31.2. The van der Waals surface area contributed by atoms with Crippen molar-refractivity contribution in [2.24, 2.45) is 29.4 Å². The summed E-state index contributed by atoms with van der Waals surface area (Å²) in [7, 11) is 3.07. The SMILES string of the molecule is C=C(NOC(C)C)c1ccc(O)c2c1C[C@H]1C[C@H]3[C@H](N(C)C)C(=O)C(C(N)=O)C(=O)[C@@]3(O)C(=O)C1C2=O. The van der Waals surface area contributed by atoms with E-state index in [1.807, 2.05) is 13.8 Å². The number of carbonyl (C=O) groups is 5. The number of nitrogens with zero attached hydrogens (tertiary/aromatic N) is 1. The number of amides is 1. The van der Waals surface area contributed by atoms with Gasteiger partial charge in [0.15, 0.2) is 34.7 Å². The molecule has 0 bridgehead atoms. The lowest BCUT2D eigenvalue weighted by molar-refractivity contribution is -0.181. The van der Waals surface area contributed by atoms with Gasteiger partial charge in [0.1, 0.15) is 5.75 Å². The quantitative estimate of drug-likeness (QED) is 0.293. The molecule has 1 aromatic carbocycles.